The zero-order valence-corrected chi connectivity index (χ0v) is 12.9. The standard InChI is InChI=1S/C16H25FN2O/c1-12(14-7-6-13(20-4)10-15(14)17)18-11-16(19(2)3)8-5-9-16/h6-7,10,12,18H,5,8-9,11H2,1-4H3. The van der Waals surface area contributed by atoms with Gasteiger partial charge in [-0.05, 0) is 46.3 Å². The molecular formula is C16H25FN2O. The summed E-state index contributed by atoms with van der Waals surface area (Å²) in [6, 6.07) is 5.05. The predicted molar refractivity (Wildman–Crippen MR) is 79.6 cm³/mol. The molecule has 1 fully saturated rings. The van der Waals surface area contributed by atoms with Crippen molar-refractivity contribution in [2.75, 3.05) is 27.7 Å². The van der Waals surface area contributed by atoms with Gasteiger partial charge in [0.1, 0.15) is 11.6 Å². The molecule has 0 heterocycles. The molecule has 0 aliphatic heterocycles. The monoisotopic (exact) mass is 280 g/mol. The third-order valence-electron chi connectivity index (χ3n) is 4.64. The molecule has 0 saturated heterocycles. The summed E-state index contributed by atoms with van der Waals surface area (Å²) >= 11 is 0. The van der Waals surface area contributed by atoms with E-state index in [0.717, 1.165) is 6.54 Å². The minimum absolute atomic E-state index is 0.00155. The van der Waals surface area contributed by atoms with Crippen LogP contribution >= 0.6 is 0 Å². The van der Waals surface area contributed by atoms with E-state index in [1.807, 2.05) is 13.0 Å². The van der Waals surface area contributed by atoms with Crippen LogP contribution in [0, 0.1) is 5.82 Å². The minimum Gasteiger partial charge on any atom is -0.497 e. The molecule has 0 amide bonds. The van der Waals surface area contributed by atoms with Crippen molar-refractivity contribution in [1.29, 1.82) is 0 Å². The summed E-state index contributed by atoms with van der Waals surface area (Å²) in [7, 11) is 5.80. The number of rotatable bonds is 6. The highest BCUT2D eigenvalue weighted by atomic mass is 19.1. The minimum atomic E-state index is -0.211. The number of hydrogen-bond acceptors (Lipinski definition) is 3. The van der Waals surface area contributed by atoms with E-state index in [1.165, 1.54) is 25.3 Å². The molecule has 3 nitrogen and oxygen atoms in total. The molecule has 1 unspecified atom stereocenters. The van der Waals surface area contributed by atoms with E-state index in [9.17, 15) is 4.39 Å². The first-order valence-electron chi connectivity index (χ1n) is 7.23. The van der Waals surface area contributed by atoms with Crippen LogP contribution in [0.2, 0.25) is 0 Å². The fourth-order valence-corrected chi connectivity index (χ4v) is 2.81. The first-order valence-corrected chi connectivity index (χ1v) is 7.23. The van der Waals surface area contributed by atoms with Gasteiger partial charge in [-0.15, -0.1) is 0 Å². The average molecular weight is 280 g/mol. The zero-order chi connectivity index (χ0) is 14.8. The Kier molecular flexibility index (Phi) is 4.66. The van der Waals surface area contributed by atoms with Gasteiger partial charge in [0.2, 0.25) is 0 Å². The molecule has 0 spiro atoms. The summed E-state index contributed by atoms with van der Waals surface area (Å²) in [5, 5.41) is 3.48. The Hall–Kier alpha value is -1.13. The van der Waals surface area contributed by atoms with Crippen LogP contribution in [-0.2, 0) is 0 Å². The molecule has 4 heteroatoms. The summed E-state index contributed by atoms with van der Waals surface area (Å²) in [6.07, 6.45) is 3.71. The highest BCUT2D eigenvalue weighted by Gasteiger charge is 2.38. The summed E-state index contributed by atoms with van der Waals surface area (Å²) < 4.78 is 19.1. The van der Waals surface area contributed by atoms with Gasteiger partial charge in [-0.25, -0.2) is 4.39 Å². The number of likely N-dealkylation sites (N-methyl/N-ethyl adjacent to an activating group) is 1. The largest absolute Gasteiger partial charge is 0.497 e. The van der Waals surface area contributed by atoms with Crippen LogP contribution in [0.1, 0.15) is 37.8 Å². The molecule has 1 N–H and O–H groups in total. The van der Waals surface area contributed by atoms with Crippen LogP contribution in [0.4, 0.5) is 4.39 Å². The van der Waals surface area contributed by atoms with Crippen molar-refractivity contribution in [2.45, 2.75) is 37.8 Å². The first-order chi connectivity index (χ1) is 9.48. The normalized spacial score (nSPS) is 18.7. The van der Waals surface area contributed by atoms with Crippen LogP contribution in [0.3, 0.4) is 0 Å². The average Bonchev–Trinajstić information content (AvgIpc) is 2.36. The molecular weight excluding hydrogens is 255 g/mol. The topological polar surface area (TPSA) is 24.5 Å². The van der Waals surface area contributed by atoms with Crippen molar-refractivity contribution in [2.24, 2.45) is 0 Å². The highest BCUT2D eigenvalue weighted by molar-refractivity contribution is 5.30. The maximum Gasteiger partial charge on any atom is 0.131 e. The summed E-state index contributed by atoms with van der Waals surface area (Å²) in [5.41, 5.74) is 0.941. The number of nitrogens with zero attached hydrogens (tertiary/aromatic N) is 1. The van der Waals surface area contributed by atoms with E-state index >= 15 is 0 Å². The van der Waals surface area contributed by atoms with Crippen molar-refractivity contribution >= 4 is 0 Å². The van der Waals surface area contributed by atoms with Crippen molar-refractivity contribution < 1.29 is 9.13 Å². The van der Waals surface area contributed by atoms with E-state index in [4.69, 9.17) is 4.74 Å². The van der Waals surface area contributed by atoms with E-state index in [0.29, 0.717) is 11.3 Å². The lowest BCUT2D eigenvalue weighted by Gasteiger charge is -2.48. The number of benzene rings is 1. The quantitative estimate of drug-likeness (QED) is 0.867. The van der Waals surface area contributed by atoms with Crippen molar-refractivity contribution in [3.8, 4) is 5.75 Å². The van der Waals surface area contributed by atoms with Gasteiger partial charge in [0.05, 0.1) is 7.11 Å². The van der Waals surface area contributed by atoms with Crippen LogP contribution in [-0.4, -0.2) is 38.2 Å². The third-order valence-corrected chi connectivity index (χ3v) is 4.64. The SMILES string of the molecule is COc1ccc(C(C)NCC2(N(C)C)CCC2)c(F)c1. The maximum absolute atomic E-state index is 14.0. The molecule has 0 radical (unpaired) electrons. The molecule has 0 aromatic heterocycles. The molecule has 112 valence electrons. The number of methoxy groups -OCH3 is 1. The predicted octanol–water partition coefficient (Wildman–Crippen LogP) is 2.97. The van der Waals surface area contributed by atoms with E-state index < -0.39 is 0 Å². The Morgan fingerprint density at radius 2 is 2.10 bits per heavy atom. The fourth-order valence-electron chi connectivity index (χ4n) is 2.81. The van der Waals surface area contributed by atoms with Crippen molar-refractivity contribution in [3.63, 3.8) is 0 Å². The number of hydrogen-bond donors (Lipinski definition) is 1. The number of halogens is 1. The maximum atomic E-state index is 14.0. The van der Waals surface area contributed by atoms with Gasteiger partial charge in [0.25, 0.3) is 0 Å². The Morgan fingerprint density at radius 3 is 2.55 bits per heavy atom. The smallest absolute Gasteiger partial charge is 0.131 e. The molecule has 1 saturated carbocycles. The van der Waals surface area contributed by atoms with Gasteiger partial charge >= 0.3 is 0 Å². The molecule has 1 aromatic carbocycles. The lowest BCUT2D eigenvalue weighted by atomic mass is 9.75. The van der Waals surface area contributed by atoms with Crippen LogP contribution in [0.15, 0.2) is 18.2 Å². The van der Waals surface area contributed by atoms with Crippen LogP contribution in [0.25, 0.3) is 0 Å². The summed E-state index contributed by atoms with van der Waals surface area (Å²) in [6.45, 7) is 2.90. The second kappa shape index (κ2) is 6.10. The van der Waals surface area contributed by atoms with Gasteiger partial charge in [0.15, 0.2) is 0 Å². The van der Waals surface area contributed by atoms with Gasteiger partial charge in [0, 0.05) is 29.8 Å². The summed E-state index contributed by atoms with van der Waals surface area (Å²) in [5.74, 6) is 0.346. The second-order valence-electron chi connectivity index (χ2n) is 5.96. The van der Waals surface area contributed by atoms with Gasteiger partial charge in [-0.3, -0.25) is 0 Å². The second-order valence-corrected chi connectivity index (χ2v) is 5.96. The zero-order valence-electron chi connectivity index (χ0n) is 12.9. The van der Waals surface area contributed by atoms with Gasteiger partial charge in [-0.2, -0.15) is 0 Å². The Morgan fingerprint density at radius 1 is 1.40 bits per heavy atom. The highest BCUT2D eigenvalue weighted by Crippen LogP contribution is 2.36. The first kappa shape index (κ1) is 15.3. The van der Waals surface area contributed by atoms with Crippen molar-refractivity contribution in [1.82, 2.24) is 10.2 Å². The number of ether oxygens (including phenoxy) is 1. The van der Waals surface area contributed by atoms with Crippen molar-refractivity contribution in [3.05, 3.63) is 29.6 Å². The molecule has 0 bridgehead atoms. The lowest BCUT2D eigenvalue weighted by molar-refractivity contribution is 0.0575. The molecule has 20 heavy (non-hydrogen) atoms. The molecule has 1 aromatic rings. The fraction of sp³-hybridized carbons (Fsp3) is 0.625. The Labute approximate surface area is 121 Å². The Balaban J connectivity index is 2.00. The van der Waals surface area contributed by atoms with Gasteiger partial charge in [-0.1, -0.05) is 6.07 Å². The van der Waals surface area contributed by atoms with E-state index in [-0.39, 0.29) is 17.4 Å². The van der Waals surface area contributed by atoms with Gasteiger partial charge < -0.3 is 15.0 Å². The third kappa shape index (κ3) is 2.96. The molecule has 1 aliphatic carbocycles. The lowest BCUT2D eigenvalue weighted by Crippen LogP contribution is -2.56. The summed E-state index contributed by atoms with van der Waals surface area (Å²) in [4.78, 5) is 2.29. The molecule has 2 rings (SSSR count). The van der Waals surface area contributed by atoms with E-state index in [2.05, 4.69) is 24.3 Å². The Bertz CT molecular complexity index is 458. The van der Waals surface area contributed by atoms with Crippen LogP contribution in [0.5, 0.6) is 5.75 Å². The number of nitrogens with one attached hydrogen (secondary N) is 1. The van der Waals surface area contributed by atoms with Crippen LogP contribution < -0.4 is 10.1 Å². The van der Waals surface area contributed by atoms with E-state index in [1.54, 1.807) is 13.2 Å². The molecule has 1 atom stereocenters. The molecule has 1 aliphatic rings.